The first kappa shape index (κ1) is 11.6. The van der Waals surface area contributed by atoms with E-state index in [1.807, 2.05) is 0 Å². The van der Waals surface area contributed by atoms with Gasteiger partial charge in [-0.15, -0.1) is 0 Å². The molecule has 1 atom stereocenters. The highest BCUT2D eigenvalue weighted by molar-refractivity contribution is 7.89. The molecule has 1 N–H and O–H groups in total. The summed E-state index contributed by atoms with van der Waals surface area (Å²) in [4.78, 5) is 11.8. The van der Waals surface area contributed by atoms with Gasteiger partial charge in [0.2, 0.25) is 15.9 Å². The van der Waals surface area contributed by atoms with Crippen LogP contribution in [0.25, 0.3) is 0 Å². The Morgan fingerprint density at radius 2 is 2.19 bits per heavy atom. The molecule has 0 radical (unpaired) electrons. The Balaban J connectivity index is 2.07. The van der Waals surface area contributed by atoms with Crippen molar-refractivity contribution in [2.45, 2.75) is 31.8 Å². The van der Waals surface area contributed by atoms with Crippen LogP contribution < -0.4 is 5.32 Å². The maximum Gasteiger partial charge on any atom is 0.242 e. The molecular weight excluding hydrogens is 228 g/mol. The summed E-state index contributed by atoms with van der Waals surface area (Å²) in [6, 6.07) is -0.391. The molecule has 1 heterocycles. The van der Waals surface area contributed by atoms with Crippen LogP contribution in [0.5, 0.6) is 0 Å². The molecule has 1 aliphatic carbocycles. The highest BCUT2D eigenvalue weighted by atomic mass is 32.2. The molecule has 0 saturated heterocycles. The first-order valence-electron chi connectivity index (χ1n) is 5.51. The third-order valence-electron chi connectivity index (χ3n) is 2.83. The van der Waals surface area contributed by atoms with Crippen molar-refractivity contribution in [2.75, 3.05) is 12.3 Å². The Kier molecular flexibility index (Phi) is 3.03. The van der Waals surface area contributed by atoms with E-state index in [4.69, 9.17) is 0 Å². The van der Waals surface area contributed by atoms with Crippen LogP contribution in [0.1, 0.15) is 19.8 Å². The second-order valence-corrected chi connectivity index (χ2v) is 6.34. The highest BCUT2D eigenvalue weighted by Crippen LogP contribution is 2.21. The predicted octanol–water partition coefficient (Wildman–Crippen LogP) is -0.145. The summed E-state index contributed by atoms with van der Waals surface area (Å²) >= 11 is 0. The molecule has 1 aliphatic heterocycles. The highest BCUT2D eigenvalue weighted by Gasteiger charge is 2.36. The van der Waals surface area contributed by atoms with Crippen LogP contribution in [-0.4, -0.2) is 43.0 Å². The van der Waals surface area contributed by atoms with Gasteiger partial charge in [0.1, 0.15) is 6.04 Å². The standard InChI is InChI=1S/C10H16N2O3S/c1-2-16(14,15)12-7-3-4-9(12)10(13)11-8-5-6-8/h3-4,8-9H,2,5-7H2,1H3,(H,11,13)/t9-/m1/s1. The Bertz CT molecular complexity index is 412. The van der Waals surface area contributed by atoms with Gasteiger partial charge in [-0.2, -0.15) is 4.31 Å². The molecule has 6 heteroatoms. The Hall–Kier alpha value is -0.880. The van der Waals surface area contributed by atoms with Gasteiger partial charge in [0.15, 0.2) is 0 Å². The molecule has 0 aromatic rings. The Morgan fingerprint density at radius 3 is 2.75 bits per heavy atom. The van der Waals surface area contributed by atoms with E-state index in [9.17, 15) is 13.2 Å². The molecule has 0 unspecified atom stereocenters. The number of rotatable bonds is 4. The van der Waals surface area contributed by atoms with Crippen molar-refractivity contribution < 1.29 is 13.2 Å². The van der Waals surface area contributed by atoms with Crippen molar-refractivity contribution in [3.05, 3.63) is 12.2 Å². The second-order valence-electron chi connectivity index (χ2n) is 4.13. The molecule has 1 amide bonds. The van der Waals surface area contributed by atoms with Gasteiger partial charge in [-0.25, -0.2) is 8.42 Å². The molecule has 2 rings (SSSR count). The van der Waals surface area contributed by atoms with E-state index < -0.39 is 16.1 Å². The molecule has 0 aromatic carbocycles. The van der Waals surface area contributed by atoms with Crippen LogP contribution in [0.4, 0.5) is 0 Å². The van der Waals surface area contributed by atoms with Crippen molar-refractivity contribution in [1.82, 2.24) is 9.62 Å². The predicted molar refractivity (Wildman–Crippen MR) is 60.3 cm³/mol. The lowest BCUT2D eigenvalue weighted by molar-refractivity contribution is -0.123. The first-order chi connectivity index (χ1) is 7.54. The number of carbonyl (C=O) groups excluding carboxylic acids is 1. The minimum absolute atomic E-state index is 0.0297. The average molecular weight is 244 g/mol. The minimum Gasteiger partial charge on any atom is -0.352 e. The third kappa shape index (κ3) is 2.27. The SMILES string of the molecule is CCS(=O)(=O)N1CC=C[C@@H]1C(=O)NC1CC1. The van der Waals surface area contributed by atoms with Gasteiger partial charge < -0.3 is 5.32 Å². The van der Waals surface area contributed by atoms with Gasteiger partial charge in [-0.3, -0.25) is 4.79 Å². The van der Waals surface area contributed by atoms with E-state index in [2.05, 4.69) is 5.32 Å². The van der Waals surface area contributed by atoms with Gasteiger partial charge >= 0.3 is 0 Å². The summed E-state index contributed by atoms with van der Waals surface area (Å²) in [5.41, 5.74) is 0. The van der Waals surface area contributed by atoms with Gasteiger partial charge in [0, 0.05) is 12.6 Å². The largest absolute Gasteiger partial charge is 0.352 e. The smallest absolute Gasteiger partial charge is 0.242 e. The van der Waals surface area contributed by atoms with Crippen LogP contribution in [0.3, 0.4) is 0 Å². The molecule has 0 spiro atoms. The lowest BCUT2D eigenvalue weighted by Crippen LogP contribution is -2.47. The van der Waals surface area contributed by atoms with Crippen LogP contribution in [-0.2, 0) is 14.8 Å². The van der Waals surface area contributed by atoms with Gasteiger partial charge in [0.05, 0.1) is 5.75 Å². The van der Waals surface area contributed by atoms with Crippen molar-refractivity contribution >= 4 is 15.9 Å². The average Bonchev–Trinajstić information content (AvgIpc) is 2.91. The van der Waals surface area contributed by atoms with Crippen LogP contribution in [0.15, 0.2) is 12.2 Å². The molecule has 90 valence electrons. The summed E-state index contributed by atoms with van der Waals surface area (Å²) in [7, 11) is -3.30. The number of hydrogen-bond donors (Lipinski definition) is 1. The second kappa shape index (κ2) is 4.18. The summed E-state index contributed by atoms with van der Waals surface area (Å²) in [6.45, 7) is 1.89. The first-order valence-corrected chi connectivity index (χ1v) is 7.12. The van der Waals surface area contributed by atoms with Gasteiger partial charge in [-0.05, 0) is 19.8 Å². The fraction of sp³-hybridized carbons (Fsp3) is 0.700. The van der Waals surface area contributed by atoms with E-state index in [0.717, 1.165) is 12.8 Å². The monoisotopic (exact) mass is 244 g/mol. The summed E-state index contributed by atoms with van der Waals surface area (Å²) in [6.07, 6.45) is 5.39. The van der Waals surface area contributed by atoms with Crippen LogP contribution in [0.2, 0.25) is 0 Å². The molecule has 16 heavy (non-hydrogen) atoms. The van der Waals surface area contributed by atoms with Crippen LogP contribution in [0, 0.1) is 0 Å². The van der Waals surface area contributed by atoms with E-state index in [0.29, 0.717) is 6.54 Å². The molecule has 1 saturated carbocycles. The number of nitrogens with one attached hydrogen (secondary N) is 1. The zero-order valence-electron chi connectivity index (χ0n) is 9.22. The molecular formula is C10H16N2O3S. The molecule has 0 bridgehead atoms. The normalized spacial score (nSPS) is 25.9. The molecule has 2 aliphatic rings. The van der Waals surface area contributed by atoms with Gasteiger partial charge in [0.25, 0.3) is 0 Å². The summed E-state index contributed by atoms with van der Waals surface area (Å²) in [5.74, 6) is -0.171. The van der Waals surface area contributed by atoms with E-state index in [1.165, 1.54) is 4.31 Å². The zero-order valence-corrected chi connectivity index (χ0v) is 10.0. The number of amides is 1. The molecule has 5 nitrogen and oxygen atoms in total. The van der Waals surface area contributed by atoms with Gasteiger partial charge in [-0.1, -0.05) is 12.2 Å². The van der Waals surface area contributed by atoms with Crippen LogP contribution >= 0.6 is 0 Å². The number of sulfonamides is 1. The summed E-state index contributed by atoms with van der Waals surface area (Å²) in [5, 5.41) is 2.83. The van der Waals surface area contributed by atoms with Crippen molar-refractivity contribution in [3.63, 3.8) is 0 Å². The van der Waals surface area contributed by atoms with E-state index in [1.54, 1.807) is 19.1 Å². The quantitative estimate of drug-likeness (QED) is 0.700. The molecule has 0 aromatic heterocycles. The topological polar surface area (TPSA) is 66.5 Å². The lowest BCUT2D eigenvalue weighted by atomic mass is 10.3. The fourth-order valence-electron chi connectivity index (χ4n) is 1.69. The number of hydrogen-bond acceptors (Lipinski definition) is 3. The molecule has 1 fully saturated rings. The third-order valence-corrected chi connectivity index (χ3v) is 4.65. The lowest BCUT2D eigenvalue weighted by Gasteiger charge is -2.22. The van der Waals surface area contributed by atoms with Crippen molar-refractivity contribution in [2.24, 2.45) is 0 Å². The van der Waals surface area contributed by atoms with E-state index >= 15 is 0 Å². The summed E-state index contributed by atoms with van der Waals surface area (Å²) < 4.78 is 24.7. The van der Waals surface area contributed by atoms with E-state index in [-0.39, 0.29) is 17.7 Å². The van der Waals surface area contributed by atoms with Crippen molar-refractivity contribution in [3.8, 4) is 0 Å². The maximum atomic E-state index is 11.8. The fourth-order valence-corrected chi connectivity index (χ4v) is 2.84. The minimum atomic E-state index is -3.30. The maximum absolute atomic E-state index is 11.8. The Labute approximate surface area is 95.6 Å². The number of nitrogens with zero attached hydrogens (tertiary/aromatic N) is 1. The Morgan fingerprint density at radius 1 is 1.50 bits per heavy atom. The number of carbonyl (C=O) groups is 1. The zero-order chi connectivity index (χ0) is 11.8. The van der Waals surface area contributed by atoms with Crippen molar-refractivity contribution in [1.29, 1.82) is 0 Å².